The second kappa shape index (κ2) is 7.40. The lowest BCUT2D eigenvalue weighted by Gasteiger charge is -2.40. The molecule has 1 saturated heterocycles. The van der Waals surface area contributed by atoms with E-state index in [9.17, 15) is 14.7 Å². The van der Waals surface area contributed by atoms with Crippen molar-refractivity contribution in [3.05, 3.63) is 34.2 Å². The maximum absolute atomic E-state index is 13.1. The third kappa shape index (κ3) is 3.13. The summed E-state index contributed by atoms with van der Waals surface area (Å²) < 4.78 is 1.83. The number of fused-ring (bicyclic) bond motifs is 4. The SMILES string of the molecule is CN(C)C(=O)[C@H]1[C@H](CO)[C@H]2Cn3c(cccc3=O)[C@@H]1N2CC1CCCCC1. The average molecular weight is 373 g/mol. The summed E-state index contributed by atoms with van der Waals surface area (Å²) in [5.74, 6) is 0.278. The molecule has 0 radical (unpaired) electrons. The van der Waals surface area contributed by atoms with Crippen LogP contribution in [0.25, 0.3) is 0 Å². The zero-order valence-electron chi connectivity index (χ0n) is 16.4. The lowest BCUT2D eigenvalue weighted by atomic mass is 9.86. The Morgan fingerprint density at radius 1 is 1.22 bits per heavy atom. The van der Waals surface area contributed by atoms with Gasteiger partial charge in [0.2, 0.25) is 5.91 Å². The molecule has 1 aromatic rings. The Labute approximate surface area is 160 Å². The average Bonchev–Trinajstić information content (AvgIpc) is 2.87. The van der Waals surface area contributed by atoms with Gasteiger partial charge >= 0.3 is 0 Å². The van der Waals surface area contributed by atoms with E-state index < -0.39 is 0 Å². The molecule has 0 spiro atoms. The molecule has 6 heteroatoms. The molecule has 27 heavy (non-hydrogen) atoms. The van der Waals surface area contributed by atoms with Crippen LogP contribution < -0.4 is 5.56 Å². The molecule has 3 aliphatic rings. The molecule has 1 aliphatic carbocycles. The summed E-state index contributed by atoms with van der Waals surface area (Å²) in [5.41, 5.74) is 0.931. The molecular formula is C21H31N3O3. The summed E-state index contributed by atoms with van der Waals surface area (Å²) in [6, 6.07) is 5.31. The number of rotatable bonds is 4. The van der Waals surface area contributed by atoms with Crippen molar-refractivity contribution < 1.29 is 9.90 Å². The fourth-order valence-corrected chi connectivity index (χ4v) is 5.67. The second-order valence-electron chi connectivity index (χ2n) is 8.72. The molecule has 0 aromatic carbocycles. The highest BCUT2D eigenvalue weighted by Crippen LogP contribution is 2.49. The van der Waals surface area contributed by atoms with Crippen LogP contribution in [-0.4, -0.2) is 58.7 Å². The van der Waals surface area contributed by atoms with Crippen molar-refractivity contribution in [1.29, 1.82) is 0 Å². The Morgan fingerprint density at radius 3 is 2.63 bits per heavy atom. The fraction of sp³-hybridized carbons (Fsp3) is 0.714. The zero-order chi connectivity index (χ0) is 19.1. The van der Waals surface area contributed by atoms with Gasteiger partial charge in [0, 0.05) is 57.5 Å². The van der Waals surface area contributed by atoms with Gasteiger partial charge in [-0.15, -0.1) is 0 Å². The Bertz CT molecular complexity index is 753. The Morgan fingerprint density at radius 2 is 1.96 bits per heavy atom. The summed E-state index contributed by atoms with van der Waals surface area (Å²) in [4.78, 5) is 29.7. The standard InChI is InChI=1S/C21H31N3O3/c1-22(2)21(27)19-15(13-25)17-12-23-16(9-6-10-18(23)26)20(19)24(17)11-14-7-4-3-5-8-14/h6,9-10,14-15,17,19-20,25H,3-5,7-8,11-13H2,1-2H3/t15-,17-,19+,20+/m1/s1. The normalized spacial score (nSPS) is 30.9. The molecule has 0 unspecified atom stereocenters. The van der Waals surface area contributed by atoms with Crippen molar-refractivity contribution in [2.75, 3.05) is 27.2 Å². The van der Waals surface area contributed by atoms with Gasteiger partial charge < -0.3 is 14.6 Å². The Kier molecular flexibility index (Phi) is 5.12. The van der Waals surface area contributed by atoms with Crippen LogP contribution in [0, 0.1) is 17.8 Å². The number of nitrogens with zero attached hydrogens (tertiary/aromatic N) is 3. The van der Waals surface area contributed by atoms with E-state index in [2.05, 4.69) is 4.90 Å². The maximum atomic E-state index is 13.1. The van der Waals surface area contributed by atoms with Gasteiger partial charge in [-0.25, -0.2) is 0 Å². The molecular weight excluding hydrogens is 342 g/mol. The summed E-state index contributed by atoms with van der Waals surface area (Å²) in [7, 11) is 3.56. The lowest BCUT2D eigenvalue weighted by molar-refractivity contribution is -0.135. The highest BCUT2D eigenvalue weighted by Gasteiger charge is 2.56. The van der Waals surface area contributed by atoms with Crippen molar-refractivity contribution in [3.63, 3.8) is 0 Å². The van der Waals surface area contributed by atoms with Gasteiger partial charge in [0.25, 0.3) is 5.56 Å². The number of aromatic nitrogens is 1. The molecule has 4 atom stereocenters. The minimum atomic E-state index is -0.297. The number of aliphatic hydroxyl groups is 1. The van der Waals surface area contributed by atoms with Crippen molar-refractivity contribution in [2.45, 2.75) is 50.7 Å². The summed E-state index contributed by atoms with van der Waals surface area (Å²) in [6.07, 6.45) is 6.38. The molecule has 2 aliphatic heterocycles. The first-order valence-electron chi connectivity index (χ1n) is 10.3. The molecule has 1 aromatic heterocycles. The Balaban J connectivity index is 1.75. The van der Waals surface area contributed by atoms with Crippen molar-refractivity contribution in [1.82, 2.24) is 14.4 Å². The quantitative estimate of drug-likeness (QED) is 0.868. The summed E-state index contributed by atoms with van der Waals surface area (Å²) in [6.45, 7) is 1.52. The molecule has 1 N–H and O–H groups in total. The number of carbonyl (C=O) groups excluding carboxylic acids is 1. The molecule has 148 valence electrons. The first-order valence-corrected chi connectivity index (χ1v) is 10.3. The second-order valence-corrected chi connectivity index (χ2v) is 8.72. The van der Waals surface area contributed by atoms with E-state index >= 15 is 0 Å². The summed E-state index contributed by atoms with van der Waals surface area (Å²) in [5, 5.41) is 10.2. The van der Waals surface area contributed by atoms with Gasteiger partial charge in [-0.2, -0.15) is 0 Å². The third-order valence-electron chi connectivity index (χ3n) is 6.97. The first-order chi connectivity index (χ1) is 13.0. The smallest absolute Gasteiger partial charge is 0.250 e. The van der Waals surface area contributed by atoms with Crippen molar-refractivity contribution in [3.8, 4) is 0 Å². The van der Waals surface area contributed by atoms with Crippen LogP contribution in [0.5, 0.6) is 0 Å². The van der Waals surface area contributed by atoms with Gasteiger partial charge in [0.05, 0.1) is 12.0 Å². The summed E-state index contributed by atoms with van der Waals surface area (Å²) >= 11 is 0. The minimum absolute atomic E-state index is 0.00513. The number of hydrogen-bond donors (Lipinski definition) is 1. The van der Waals surface area contributed by atoms with E-state index in [0.29, 0.717) is 12.5 Å². The highest BCUT2D eigenvalue weighted by atomic mass is 16.3. The van der Waals surface area contributed by atoms with E-state index in [4.69, 9.17) is 0 Å². The van der Waals surface area contributed by atoms with Crippen molar-refractivity contribution >= 4 is 5.91 Å². The first kappa shape index (κ1) is 18.7. The molecule has 4 rings (SSSR count). The van der Waals surface area contributed by atoms with Crippen LogP contribution in [0.2, 0.25) is 0 Å². The molecule has 2 bridgehead atoms. The largest absolute Gasteiger partial charge is 0.396 e. The number of pyridine rings is 1. The number of carbonyl (C=O) groups is 1. The molecule has 6 nitrogen and oxygen atoms in total. The van der Waals surface area contributed by atoms with Crippen LogP contribution in [0.3, 0.4) is 0 Å². The van der Waals surface area contributed by atoms with Gasteiger partial charge in [-0.3, -0.25) is 14.5 Å². The van der Waals surface area contributed by atoms with Crippen LogP contribution in [-0.2, 0) is 11.3 Å². The Hall–Kier alpha value is -1.66. The predicted octanol–water partition coefficient (Wildman–Crippen LogP) is 1.48. The monoisotopic (exact) mass is 373 g/mol. The fourth-order valence-electron chi connectivity index (χ4n) is 5.67. The number of aliphatic hydroxyl groups excluding tert-OH is 1. The van der Waals surface area contributed by atoms with Crippen LogP contribution in [0.1, 0.15) is 43.8 Å². The van der Waals surface area contributed by atoms with Crippen LogP contribution >= 0.6 is 0 Å². The molecule has 2 fully saturated rings. The van der Waals surface area contributed by atoms with E-state index in [1.165, 1.54) is 32.1 Å². The van der Waals surface area contributed by atoms with Gasteiger partial charge in [-0.1, -0.05) is 25.3 Å². The van der Waals surface area contributed by atoms with E-state index in [1.54, 1.807) is 31.1 Å². The molecule has 1 amide bonds. The topological polar surface area (TPSA) is 65.8 Å². The van der Waals surface area contributed by atoms with E-state index in [1.807, 2.05) is 10.6 Å². The van der Waals surface area contributed by atoms with E-state index in [0.717, 1.165) is 12.2 Å². The molecule has 3 heterocycles. The molecule has 1 saturated carbocycles. The van der Waals surface area contributed by atoms with Crippen LogP contribution in [0.4, 0.5) is 0 Å². The number of amides is 1. The number of hydrogen-bond acceptors (Lipinski definition) is 4. The third-order valence-corrected chi connectivity index (χ3v) is 6.97. The van der Waals surface area contributed by atoms with Crippen LogP contribution in [0.15, 0.2) is 23.0 Å². The van der Waals surface area contributed by atoms with Gasteiger partial charge in [0.15, 0.2) is 0 Å². The van der Waals surface area contributed by atoms with Gasteiger partial charge in [0.1, 0.15) is 0 Å². The maximum Gasteiger partial charge on any atom is 0.250 e. The lowest BCUT2D eigenvalue weighted by Crippen LogP contribution is -2.48. The van der Waals surface area contributed by atoms with E-state index in [-0.39, 0.29) is 42.0 Å². The predicted molar refractivity (Wildman–Crippen MR) is 103 cm³/mol. The van der Waals surface area contributed by atoms with Crippen molar-refractivity contribution in [2.24, 2.45) is 17.8 Å². The highest BCUT2D eigenvalue weighted by molar-refractivity contribution is 5.80. The zero-order valence-corrected chi connectivity index (χ0v) is 16.4. The minimum Gasteiger partial charge on any atom is -0.396 e. The van der Waals surface area contributed by atoms with Gasteiger partial charge in [-0.05, 0) is 24.8 Å².